The number of carbonyl (C=O) groups excluding carboxylic acids is 2. The van der Waals surface area contributed by atoms with E-state index in [2.05, 4.69) is 125 Å². The number of halogens is 5. The smallest absolute Gasteiger partial charge is 0.512 e. The maximum atomic E-state index is 11.5. The Bertz CT molecular complexity index is 6490. The van der Waals surface area contributed by atoms with E-state index in [1.54, 1.807) is 104 Å². The zero-order valence-corrected chi connectivity index (χ0v) is 94.8. The van der Waals surface area contributed by atoms with Crippen LogP contribution in [0.3, 0.4) is 0 Å². The molecule has 0 bridgehead atoms. The molecule has 0 fully saturated rings. The van der Waals surface area contributed by atoms with Gasteiger partial charge >= 0.3 is 80.4 Å². The number of pyridine rings is 6. The number of hydrogen-bond donors (Lipinski definition) is 10. The van der Waals surface area contributed by atoms with Crippen LogP contribution in [-0.4, -0.2) is 112 Å². The van der Waals surface area contributed by atoms with E-state index >= 15 is 0 Å². The second-order valence-corrected chi connectivity index (χ2v) is 43.1. The SMILES string of the molecule is CC.CC.CC.CC.CC.CC.CC.CC.CC(O)c1c(N)cnc2ccccc12.CC=O.CC=O.N#Cc1c(N)cnc2ccccc12.N#Cc1c([N+](=O)[O-])cnc2ccccc12.Nc1ccccc1C(=O)O.Nc1cnc2ccccc2c1Br.O=C(O)c1ccccc1NC=C[N+](=O)[O-].O=P(Br)(Br)Br.O=[N+]([O-])CC=NO.O=[N+]([O-])c1cnc2ccccc2c1Br.O=c1c([N+](=O)[O-])c[nH]c2ccccc12.[C-]#N.[K+]. The minimum absolute atomic E-state index is 0. The summed E-state index contributed by atoms with van der Waals surface area (Å²) < 4.78 is 9.17. The van der Waals surface area contributed by atoms with E-state index in [0.29, 0.717) is 66.5 Å². The Balaban J connectivity index is -0.000000234. The average molecular weight is 2350 g/mol. The molecule has 0 aliphatic carbocycles. The molecular weight excluding hydrogens is 2230 g/mol. The molecule has 0 spiro atoms. The molecule has 0 saturated heterocycles. The molecule has 6 aromatic heterocycles. The Labute approximate surface area is 918 Å². The number of nitrogens with one attached hydrogen (secondary N) is 2. The number of aliphatic hydroxyl groups excluding tert-OH is 1. The number of carboxylic acids is 2. The van der Waals surface area contributed by atoms with Gasteiger partial charge in [-0.05, 0) is 119 Å². The molecule has 0 aliphatic rings. The number of fused-ring (bicyclic) bond motifs is 6. The molecule has 766 valence electrons. The summed E-state index contributed by atoms with van der Waals surface area (Å²) in [6.07, 6.45) is 11.7. The predicted molar refractivity (Wildman–Crippen MR) is 589 cm³/mol. The van der Waals surface area contributed by atoms with Gasteiger partial charge in [-0.3, -0.25) is 74.9 Å². The van der Waals surface area contributed by atoms with Gasteiger partial charge in [0.25, 0.3) is 8.68 Å². The molecular formula is C97H117Br5KN20O20P. The normalized spacial score (nSPS) is 9.15. The van der Waals surface area contributed by atoms with Crippen molar-refractivity contribution in [2.24, 2.45) is 5.16 Å². The third kappa shape index (κ3) is 57.3. The van der Waals surface area contributed by atoms with Crippen LogP contribution in [0, 0.1) is 85.1 Å². The van der Waals surface area contributed by atoms with Gasteiger partial charge in [0.15, 0.2) is 0 Å². The summed E-state index contributed by atoms with van der Waals surface area (Å²) in [4.78, 5) is 121. The van der Waals surface area contributed by atoms with Gasteiger partial charge in [-0.25, -0.2) is 19.6 Å². The zero-order valence-electron chi connectivity index (χ0n) is 82.8. The molecule has 0 radical (unpaired) electrons. The van der Waals surface area contributed by atoms with Crippen LogP contribution in [0.4, 0.5) is 45.5 Å². The van der Waals surface area contributed by atoms with Gasteiger partial charge in [0, 0.05) is 95.1 Å². The van der Waals surface area contributed by atoms with E-state index in [4.69, 9.17) is 70.3 Å². The molecule has 0 saturated carbocycles. The van der Waals surface area contributed by atoms with E-state index in [0.717, 1.165) is 91.0 Å². The predicted octanol–water partition coefficient (Wildman–Crippen LogP) is 23.7. The molecule has 40 nitrogen and oxygen atoms in total. The van der Waals surface area contributed by atoms with Crippen LogP contribution in [0.25, 0.3) is 65.4 Å². The van der Waals surface area contributed by atoms with Gasteiger partial charge in [-0.15, -0.1) is 0 Å². The fourth-order valence-electron chi connectivity index (χ4n) is 9.73. The molecule has 0 amide bonds. The first kappa shape index (κ1) is 146. The number of para-hydroxylation sites is 8. The van der Waals surface area contributed by atoms with Crippen LogP contribution in [0.5, 0.6) is 0 Å². The van der Waals surface area contributed by atoms with Gasteiger partial charge in [-0.1, -0.05) is 243 Å². The molecule has 8 aromatic carbocycles. The molecule has 1 unspecified atom stereocenters. The molecule has 14 rings (SSSR count). The molecule has 47 heteroatoms. The second-order valence-electron chi connectivity index (χ2n) is 23.2. The molecule has 14 aromatic rings. The quantitative estimate of drug-likeness (QED) is 0.00661. The van der Waals surface area contributed by atoms with Crippen molar-refractivity contribution in [3.05, 3.63) is 348 Å². The Kier molecular flexibility index (Phi) is 90.3. The number of oxime groups is 1. The first-order valence-electron chi connectivity index (χ1n) is 42.8. The standard InChI is InChI=1S/C11H12N2O.C10H5N3O2.C10H7N3.C9H5BrN2O2.C9H7BrN2.C9H8N2O4.C9H6N2O3.C7H7NO2.C2H4N2O3.2C2H4O.8C2H6.CN.Br3OP.K/c1-7(14)11-8-4-2-3-5-10(8)13-6-9(11)12;11-5-8-7-3-1-2-4-9(7)12-6-10(8)13(14)15;11-5-8-7-3-1-2-4-10(7)13-6-9(8)12;10-9-6-3-1-2-4-7(6)11-5-8(9)12(13)14;10-9-6-3-1-2-4-8(6)12-5-7(9)11;12-9(13)7-3-1-2-4-8(7)10-5-6-11(14)15;12-9-6-3-1-2-4-7(6)10-5-8(9)11(13)14;8-6-4-2-1-3-5(6)7(9)10;5-3-1-2-4(6)7;2*1-2-3;9*1-2;1-5(2,3)4;/h2-7,14H,12H2,1H3;1-4,6H;1-4,6H,12H2;1-5H;1-5H,11H2;1-6,10H,(H,12,13);1-5H,(H,10,12);1-4H,8H2,(H,9,10);1,5H,2H2;2*2H,1H3;8*1-2H3;;;/q;;;;;;;;;;;;;;;;;;;-1;;+1. The van der Waals surface area contributed by atoms with Crippen LogP contribution >= 0.6 is 81.6 Å². The van der Waals surface area contributed by atoms with Crippen molar-refractivity contribution < 1.29 is 120 Å². The minimum Gasteiger partial charge on any atom is -0.512 e. The minimum atomic E-state index is -2.20. The molecule has 144 heavy (non-hydrogen) atoms. The number of carbonyl (C=O) groups is 4. The number of aldehydes is 2. The Morgan fingerprint density at radius 3 is 1.17 bits per heavy atom. The Morgan fingerprint density at radius 2 is 0.806 bits per heavy atom. The number of aliphatic hydroxyl groups is 1. The van der Waals surface area contributed by atoms with Crippen LogP contribution in [-0.2, 0) is 14.2 Å². The molecule has 0 aliphatic heterocycles. The number of hydrogen-bond acceptors (Lipinski definition) is 32. The van der Waals surface area contributed by atoms with Gasteiger partial charge in [0.2, 0.25) is 12.7 Å². The van der Waals surface area contributed by atoms with Gasteiger partial charge in [-0.2, -0.15) is 10.5 Å². The summed E-state index contributed by atoms with van der Waals surface area (Å²) in [7, 11) is 0. The number of benzene rings is 8. The van der Waals surface area contributed by atoms with E-state index < -0.39 is 63.6 Å². The van der Waals surface area contributed by atoms with E-state index in [1.807, 2.05) is 208 Å². The largest absolute Gasteiger partial charge is 1.00 e. The van der Waals surface area contributed by atoms with Crippen molar-refractivity contribution >= 4 is 223 Å². The van der Waals surface area contributed by atoms with Crippen molar-refractivity contribution in [3.63, 3.8) is 0 Å². The van der Waals surface area contributed by atoms with Crippen molar-refractivity contribution in [1.82, 2.24) is 29.9 Å². The number of nitro groups is 5. The number of anilines is 5. The maximum Gasteiger partial charge on any atom is 1.00 e. The number of aromatic nitrogens is 6. The topological polar surface area (TPSA) is 679 Å². The van der Waals surface area contributed by atoms with Gasteiger partial charge in [0.05, 0.1) is 134 Å². The first-order valence-corrected chi connectivity index (χ1v) is 52.2. The number of rotatable bonds is 11. The Hall–Kier alpha value is -13.8. The third-order valence-corrected chi connectivity index (χ3v) is 16.7. The average Bonchev–Trinajstić information content (AvgIpc) is 0.812. The van der Waals surface area contributed by atoms with Crippen LogP contribution in [0.1, 0.15) is 175 Å². The van der Waals surface area contributed by atoms with Crippen molar-refractivity contribution in [2.75, 3.05) is 34.8 Å². The van der Waals surface area contributed by atoms with Crippen LogP contribution in [0.2, 0.25) is 0 Å². The molecule has 14 N–H and O–H groups in total. The summed E-state index contributed by atoms with van der Waals surface area (Å²) in [6, 6.07) is 60.1. The number of nitrogens with zero attached hydrogens (tertiary/aromatic N) is 14. The second kappa shape index (κ2) is 89.3. The molecule has 1 atom stereocenters. The number of aromatic amines is 1. The van der Waals surface area contributed by atoms with Gasteiger partial charge < -0.3 is 75.2 Å². The van der Waals surface area contributed by atoms with Crippen LogP contribution in [0.15, 0.2) is 263 Å². The number of carboxylic acid groups (broad SMARTS) is 2. The first-order chi connectivity index (χ1) is 68.4. The molecule has 6 heterocycles. The summed E-state index contributed by atoms with van der Waals surface area (Å²) in [5.41, 5.74) is 29.5. The zero-order chi connectivity index (χ0) is 111. The van der Waals surface area contributed by atoms with E-state index in [9.17, 15) is 74.6 Å². The number of nitrogens with two attached hydrogens (primary N) is 4. The van der Waals surface area contributed by atoms with Crippen LogP contribution < -0.4 is 85.1 Å². The van der Waals surface area contributed by atoms with Crippen molar-refractivity contribution in [1.29, 1.82) is 15.8 Å². The third-order valence-electron chi connectivity index (χ3n) is 14.9. The summed E-state index contributed by atoms with van der Waals surface area (Å²) in [5, 5.41) is 119. The Morgan fingerprint density at radius 1 is 0.486 bits per heavy atom. The van der Waals surface area contributed by atoms with Crippen molar-refractivity contribution in [3.8, 4) is 12.1 Å². The maximum absolute atomic E-state index is 11.5. The fraction of sp³-hybridized carbons (Fsp3) is 0.216. The summed E-state index contributed by atoms with van der Waals surface area (Å²) in [5.74, 6) is -2.08. The fourth-order valence-corrected chi connectivity index (χ4v) is 10.8. The van der Waals surface area contributed by atoms with Gasteiger partial charge in [0.1, 0.15) is 53.4 Å². The summed E-state index contributed by atoms with van der Waals surface area (Å²) >= 11 is 14.9. The number of aromatic carboxylic acids is 2. The van der Waals surface area contributed by atoms with E-state index in [-0.39, 0.29) is 79.4 Å². The summed E-state index contributed by atoms with van der Waals surface area (Å²) in [6.45, 7) is 40.9. The van der Waals surface area contributed by atoms with Crippen molar-refractivity contribution in [2.45, 2.75) is 138 Å². The number of nitriles is 2. The monoisotopic (exact) mass is 2350 g/mol. The van der Waals surface area contributed by atoms with E-state index in [1.165, 1.54) is 44.4 Å². The number of nitrogen functional groups attached to an aromatic ring is 4. The number of H-pyrrole nitrogens is 1.